The Labute approximate surface area is 135 Å². The van der Waals surface area contributed by atoms with Crippen molar-refractivity contribution in [1.82, 2.24) is 0 Å². The molecule has 0 aromatic heterocycles. The van der Waals surface area contributed by atoms with Crippen molar-refractivity contribution in [2.45, 2.75) is 32.2 Å². The van der Waals surface area contributed by atoms with Crippen molar-refractivity contribution >= 4 is 34.5 Å². The third kappa shape index (κ3) is 3.68. The molecule has 0 saturated carbocycles. The molecular formula is C15H19ClN6. The molecule has 1 heterocycles. The number of hydrogen-bond donors (Lipinski definition) is 3. The van der Waals surface area contributed by atoms with Crippen molar-refractivity contribution in [3.63, 3.8) is 0 Å². The summed E-state index contributed by atoms with van der Waals surface area (Å²) in [5.74, 6) is -0.375. The fourth-order valence-corrected chi connectivity index (χ4v) is 2.82. The zero-order chi connectivity index (χ0) is 16.1. The van der Waals surface area contributed by atoms with E-state index in [9.17, 15) is 0 Å². The predicted molar refractivity (Wildman–Crippen MR) is 90.7 cm³/mol. The van der Waals surface area contributed by atoms with E-state index in [0.717, 1.165) is 12.2 Å². The van der Waals surface area contributed by atoms with Crippen LogP contribution in [0.5, 0.6) is 0 Å². The molecule has 22 heavy (non-hydrogen) atoms. The zero-order valence-electron chi connectivity index (χ0n) is 12.4. The van der Waals surface area contributed by atoms with Crippen LogP contribution in [0.15, 0.2) is 23.3 Å². The first-order valence-corrected chi connectivity index (χ1v) is 7.55. The maximum absolute atomic E-state index is 8.80. The molecule has 1 fully saturated rings. The minimum Gasteiger partial charge on any atom is -0.382 e. The number of halogens is 1. The number of amidine groups is 1. The molecule has 1 aliphatic heterocycles. The first-order valence-electron chi connectivity index (χ1n) is 7.17. The van der Waals surface area contributed by atoms with Gasteiger partial charge in [-0.05, 0) is 44.4 Å². The standard InChI is InChI=1S/C15H19ClN6/c1-10-4-2-3-7-22(10)14-6-5-11(8-12(14)16)20-21-13(9-17)15(18)19/h5-6,8,10,20H,2-4,7H2,1H3,(H3,18,19)/b21-13+. The van der Waals surface area contributed by atoms with Gasteiger partial charge in [-0.1, -0.05) is 11.6 Å². The highest BCUT2D eigenvalue weighted by atomic mass is 35.5. The van der Waals surface area contributed by atoms with Crippen LogP contribution in [-0.2, 0) is 0 Å². The van der Waals surface area contributed by atoms with Gasteiger partial charge >= 0.3 is 0 Å². The predicted octanol–water partition coefficient (Wildman–Crippen LogP) is 2.95. The second kappa shape index (κ2) is 7.14. The van der Waals surface area contributed by atoms with Crippen molar-refractivity contribution in [2.75, 3.05) is 16.9 Å². The van der Waals surface area contributed by atoms with Crippen molar-refractivity contribution in [3.8, 4) is 6.07 Å². The molecule has 0 spiro atoms. The Balaban J connectivity index is 2.16. The molecule has 2 rings (SSSR count). The summed E-state index contributed by atoms with van der Waals surface area (Å²) >= 11 is 6.38. The van der Waals surface area contributed by atoms with Crippen LogP contribution >= 0.6 is 11.6 Å². The van der Waals surface area contributed by atoms with Crippen molar-refractivity contribution in [1.29, 1.82) is 10.7 Å². The van der Waals surface area contributed by atoms with Crippen LogP contribution in [0.1, 0.15) is 26.2 Å². The Bertz CT molecular complexity index is 633. The van der Waals surface area contributed by atoms with Gasteiger partial charge in [0.2, 0.25) is 5.71 Å². The molecule has 116 valence electrons. The number of anilines is 2. The monoisotopic (exact) mass is 318 g/mol. The largest absolute Gasteiger partial charge is 0.382 e. The number of benzene rings is 1. The molecule has 0 bridgehead atoms. The van der Waals surface area contributed by atoms with Crippen molar-refractivity contribution < 1.29 is 0 Å². The number of piperidine rings is 1. The molecule has 0 amide bonds. The van der Waals surface area contributed by atoms with Gasteiger partial charge in [-0.3, -0.25) is 10.8 Å². The number of nitrogens with zero attached hydrogens (tertiary/aromatic N) is 3. The van der Waals surface area contributed by atoms with E-state index in [4.69, 9.17) is 28.0 Å². The fraction of sp³-hybridized carbons (Fsp3) is 0.400. The molecular weight excluding hydrogens is 300 g/mol. The van der Waals surface area contributed by atoms with Gasteiger partial charge in [-0.15, -0.1) is 0 Å². The Morgan fingerprint density at radius 1 is 1.55 bits per heavy atom. The highest BCUT2D eigenvalue weighted by Gasteiger charge is 2.20. The topological polar surface area (TPSA) is 101 Å². The maximum atomic E-state index is 8.80. The molecule has 1 unspecified atom stereocenters. The smallest absolute Gasteiger partial charge is 0.201 e. The highest BCUT2D eigenvalue weighted by molar-refractivity contribution is 6.45. The van der Waals surface area contributed by atoms with Crippen LogP contribution in [0.2, 0.25) is 5.02 Å². The van der Waals surface area contributed by atoms with Crippen LogP contribution < -0.4 is 16.1 Å². The van der Waals surface area contributed by atoms with Crippen LogP contribution in [0, 0.1) is 16.7 Å². The van der Waals surface area contributed by atoms with Gasteiger partial charge < -0.3 is 10.6 Å². The summed E-state index contributed by atoms with van der Waals surface area (Å²) in [5, 5.41) is 20.4. The minimum atomic E-state index is -0.375. The van der Waals surface area contributed by atoms with E-state index in [1.807, 2.05) is 12.1 Å². The van der Waals surface area contributed by atoms with Gasteiger partial charge in [0, 0.05) is 12.6 Å². The lowest BCUT2D eigenvalue weighted by Crippen LogP contribution is -2.37. The van der Waals surface area contributed by atoms with E-state index in [-0.39, 0.29) is 11.5 Å². The van der Waals surface area contributed by atoms with Gasteiger partial charge in [0.05, 0.1) is 16.4 Å². The van der Waals surface area contributed by atoms with Gasteiger partial charge in [0.15, 0.2) is 5.84 Å². The Morgan fingerprint density at radius 2 is 2.32 bits per heavy atom. The molecule has 1 aromatic rings. The summed E-state index contributed by atoms with van der Waals surface area (Å²) in [6.07, 6.45) is 3.60. The number of nitriles is 1. The molecule has 1 atom stereocenters. The molecule has 0 aliphatic carbocycles. The lowest BCUT2D eigenvalue weighted by Gasteiger charge is -2.36. The van der Waals surface area contributed by atoms with Crippen LogP contribution in [0.3, 0.4) is 0 Å². The fourth-order valence-electron chi connectivity index (χ4n) is 2.53. The average molecular weight is 319 g/mol. The number of nitrogens with two attached hydrogens (primary N) is 1. The first-order chi connectivity index (χ1) is 10.5. The Kier molecular flexibility index (Phi) is 5.23. The second-order valence-corrected chi connectivity index (χ2v) is 5.71. The maximum Gasteiger partial charge on any atom is 0.201 e. The quantitative estimate of drug-likeness (QED) is 0.451. The second-order valence-electron chi connectivity index (χ2n) is 5.30. The Hall–Kier alpha value is -2.26. The molecule has 0 radical (unpaired) electrons. The summed E-state index contributed by atoms with van der Waals surface area (Å²) < 4.78 is 0. The third-order valence-electron chi connectivity index (χ3n) is 3.72. The van der Waals surface area contributed by atoms with Gasteiger partial charge in [-0.25, -0.2) is 0 Å². The molecule has 4 N–H and O–H groups in total. The van der Waals surface area contributed by atoms with Gasteiger partial charge in [-0.2, -0.15) is 10.4 Å². The van der Waals surface area contributed by atoms with Gasteiger partial charge in [0.1, 0.15) is 6.07 Å². The van der Waals surface area contributed by atoms with E-state index in [2.05, 4.69) is 22.4 Å². The van der Waals surface area contributed by atoms with Crippen molar-refractivity contribution in [3.05, 3.63) is 23.2 Å². The number of rotatable bonds is 4. The highest BCUT2D eigenvalue weighted by Crippen LogP contribution is 2.33. The molecule has 1 saturated heterocycles. The van der Waals surface area contributed by atoms with Gasteiger partial charge in [0.25, 0.3) is 0 Å². The van der Waals surface area contributed by atoms with Crippen molar-refractivity contribution in [2.24, 2.45) is 10.8 Å². The Morgan fingerprint density at radius 3 is 2.91 bits per heavy atom. The molecule has 1 aliphatic rings. The number of hydrazone groups is 1. The summed E-state index contributed by atoms with van der Waals surface area (Å²) in [4.78, 5) is 2.31. The van der Waals surface area contributed by atoms with E-state index in [1.165, 1.54) is 19.3 Å². The van der Waals surface area contributed by atoms with E-state index < -0.39 is 0 Å². The number of nitrogens with one attached hydrogen (secondary N) is 2. The molecule has 6 nitrogen and oxygen atoms in total. The molecule has 7 heteroatoms. The minimum absolute atomic E-state index is 0.162. The van der Waals surface area contributed by atoms with Crippen LogP contribution in [-0.4, -0.2) is 24.1 Å². The summed E-state index contributed by atoms with van der Waals surface area (Å²) in [6, 6.07) is 7.79. The van der Waals surface area contributed by atoms with E-state index >= 15 is 0 Å². The normalized spacial score (nSPS) is 18.7. The molecule has 1 aromatic carbocycles. The van der Waals surface area contributed by atoms with E-state index in [1.54, 1.807) is 12.1 Å². The first kappa shape index (κ1) is 16.1. The lowest BCUT2D eigenvalue weighted by atomic mass is 10.0. The lowest BCUT2D eigenvalue weighted by molar-refractivity contribution is 0.485. The average Bonchev–Trinajstić information content (AvgIpc) is 2.49. The summed E-state index contributed by atoms with van der Waals surface area (Å²) in [5.41, 5.74) is 9.43. The third-order valence-corrected chi connectivity index (χ3v) is 4.02. The van der Waals surface area contributed by atoms with Crippen LogP contribution in [0.4, 0.5) is 11.4 Å². The zero-order valence-corrected chi connectivity index (χ0v) is 13.2. The van der Waals surface area contributed by atoms with Crippen LogP contribution in [0.25, 0.3) is 0 Å². The number of hydrogen-bond acceptors (Lipinski definition) is 5. The summed E-state index contributed by atoms with van der Waals surface area (Å²) in [7, 11) is 0. The summed E-state index contributed by atoms with van der Waals surface area (Å²) in [6.45, 7) is 3.22. The SMILES string of the molecule is CC1CCCCN1c1ccc(N/N=C(\C#N)C(=N)N)cc1Cl. The van der Waals surface area contributed by atoms with E-state index in [0.29, 0.717) is 16.8 Å².